The fourth-order valence-electron chi connectivity index (χ4n) is 3.21. The quantitative estimate of drug-likeness (QED) is 0.906. The molecule has 0 radical (unpaired) electrons. The van der Waals surface area contributed by atoms with E-state index in [1.165, 1.54) is 5.56 Å². The van der Waals surface area contributed by atoms with Crippen molar-refractivity contribution in [2.24, 2.45) is 11.7 Å². The smallest absolute Gasteiger partial charge is 0.255 e. The van der Waals surface area contributed by atoms with Gasteiger partial charge in [0.25, 0.3) is 5.91 Å². The minimum absolute atomic E-state index is 0.102. The predicted octanol–water partition coefficient (Wildman–Crippen LogP) is 2.14. The van der Waals surface area contributed by atoms with Gasteiger partial charge in [0.1, 0.15) is 0 Å². The fraction of sp³-hybridized carbons (Fsp3) is 0.353. The molecule has 2 heterocycles. The van der Waals surface area contributed by atoms with E-state index in [4.69, 9.17) is 5.73 Å². The first kappa shape index (κ1) is 13.9. The number of aromatic nitrogens is 1. The molecule has 3 N–H and O–H groups in total. The van der Waals surface area contributed by atoms with E-state index in [0.717, 1.165) is 24.3 Å². The Morgan fingerprint density at radius 1 is 1.29 bits per heavy atom. The zero-order valence-corrected chi connectivity index (χ0v) is 12.3. The van der Waals surface area contributed by atoms with E-state index in [0.29, 0.717) is 18.4 Å². The number of nitrogens with two attached hydrogens (primary N) is 1. The molecule has 0 unspecified atom stereocenters. The number of likely N-dealkylation sites (tertiary alicyclic amines) is 1. The molecule has 1 saturated heterocycles. The van der Waals surface area contributed by atoms with Crippen molar-refractivity contribution in [3.63, 3.8) is 0 Å². The number of H-pyrrole nitrogens is 1. The van der Waals surface area contributed by atoms with Crippen LogP contribution in [0, 0.1) is 12.8 Å². The summed E-state index contributed by atoms with van der Waals surface area (Å²) in [4.78, 5) is 17.6. The van der Waals surface area contributed by atoms with Gasteiger partial charge in [-0.25, -0.2) is 0 Å². The number of hydrogen-bond donors (Lipinski definition) is 2. The SMILES string of the molecule is Cc1[nH]ccc1C(=O)N1C[C@@H](CN)[C@H](c2ccccc2)C1. The topological polar surface area (TPSA) is 62.1 Å². The average molecular weight is 283 g/mol. The molecule has 1 aromatic carbocycles. The van der Waals surface area contributed by atoms with Crippen LogP contribution in [0.4, 0.5) is 0 Å². The van der Waals surface area contributed by atoms with Crippen molar-refractivity contribution in [1.82, 2.24) is 9.88 Å². The van der Waals surface area contributed by atoms with Crippen LogP contribution < -0.4 is 5.73 Å². The summed E-state index contributed by atoms with van der Waals surface area (Å²) in [6, 6.07) is 12.2. The fourth-order valence-corrected chi connectivity index (χ4v) is 3.21. The van der Waals surface area contributed by atoms with Gasteiger partial charge in [0.05, 0.1) is 5.56 Å². The highest BCUT2D eigenvalue weighted by molar-refractivity contribution is 5.95. The molecule has 3 rings (SSSR count). The molecule has 4 nitrogen and oxygen atoms in total. The second-order valence-electron chi connectivity index (χ2n) is 5.74. The zero-order chi connectivity index (χ0) is 14.8. The maximum atomic E-state index is 12.6. The number of nitrogens with one attached hydrogen (secondary N) is 1. The minimum Gasteiger partial charge on any atom is -0.365 e. The molecule has 4 heteroatoms. The maximum absolute atomic E-state index is 12.6. The Hall–Kier alpha value is -2.07. The van der Waals surface area contributed by atoms with Gasteiger partial charge < -0.3 is 15.6 Å². The monoisotopic (exact) mass is 283 g/mol. The van der Waals surface area contributed by atoms with Crippen LogP contribution in [0.2, 0.25) is 0 Å². The average Bonchev–Trinajstić information content (AvgIpc) is 3.13. The van der Waals surface area contributed by atoms with Crippen molar-refractivity contribution in [2.75, 3.05) is 19.6 Å². The summed E-state index contributed by atoms with van der Waals surface area (Å²) in [6.07, 6.45) is 1.81. The summed E-state index contributed by atoms with van der Waals surface area (Å²) in [5.74, 6) is 0.764. The van der Waals surface area contributed by atoms with Crippen molar-refractivity contribution in [2.45, 2.75) is 12.8 Å². The highest BCUT2D eigenvalue weighted by atomic mass is 16.2. The van der Waals surface area contributed by atoms with Crippen molar-refractivity contribution >= 4 is 5.91 Å². The van der Waals surface area contributed by atoms with Crippen molar-refractivity contribution in [1.29, 1.82) is 0 Å². The van der Waals surface area contributed by atoms with Crippen LogP contribution >= 0.6 is 0 Å². The Morgan fingerprint density at radius 3 is 2.67 bits per heavy atom. The lowest BCUT2D eigenvalue weighted by molar-refractivity contribution is 0.0786. The molecule has 1 aromatic heterocycles. The Balaban J connectivity index is 1.81. The summed E-state index contributed by atoms with van der Waals surface area (Å²) in [5, 5.41) is 0. The Labute approximate surface area is 125 Å². The van der Waals surface area contributed by atoms with Crippen LogP contribution in [-0.4, -0.2) is 35.4 Å². The molecule has 2 atom stereocenters. The van der Waals surface area contributed by atoms with E-state index in [1.54, 1.807) is 0 Å². The Morgan fingerprint density at radius 2 is 2.05 bits per heavy atom. The first-order valence-corrected chi connectivity index (χ1v) is 7.39. The Bertz CT molecular complexity index is 620. The van der Waals surface area contributed by atoms with Crippen LogP contribution in [0.3, 0.4) is 0 Å². The van der Waals surface area contributed by atoms with E-state index >= 15 is 0 Å². The molecule has 1 aliphatic rings. The van der Waals surface area contributed by atoms with Gasteiger partial charge in [-0.2, -0.15) is 0 Å². The number of hydrogen-bond acceptors (Lipinski definition) is 2. The predicted molar refractivity (Wildman–Crippen MR) is 83.2 cm³/mol. The number of benzene rings is 1. The summed E-state index contributed by atoms with van der Waals surface area (Å²) >= 11 is 0. The molecule has 110 valence electrons. The number of carbonyl (C=O) groups is 1. The molecule has 0 spiro atoms. The van der Waals surface area contributed by atoms with E-state index in [-0.39, 0.29) is 5.91 Å². The molecule has 1 aliphatic heterocycles. The largest absolute Gasteiger partial charge is 0.365 e. The van der Waals surface area contributed by atoms with Crippen molar-refractivity contribution in [3.8, 4) is 0 Å². The lowest BCUT2D eigenvalue weighted by Crippen LogP contribution is -2.30. The summed E-state index contributed by atoms with van der Waals surface area (Å²) < 4.78 is 0. The Kier molecular flexibility index (Phi) is 3.80. The number of nitrogens with zero attached hydrogens (tertiary/aromatic N) is 1. The van der Waals surface area contributed by atoms with Crippen molar-refractivity contribution in [3.05, 3.63) is 59.4 Å². The van der Waals surface area contributed by atoms with Gasteiger partial charge in [-0.05, 0) is 31.0 Å². The van der Waals surface area contributed by atoms with Gasteiger partial charge in [0.15, 0.2) is 0 Å². The molecule has 0 saturated carbocycles. The molecular formula is C17H21N3O. The van der Waals surface area contributed by atoms with E-state index in [1.807, 2.05) is 42.3 Å². The van der Waals surface area contributed by atoms with Gasteiger partial charge in [-0.15, -0.1) is 0 Å². The van der Waals surface area contributed by atoms with Crippen molar-refractivity contribution < 1.29 is 4.79 Å². The van der Waals surface area contributed by atoms with E-state index in [2.05, 4.69) is 17.1 Å². The first-order valence-electron chi connectivity index (χ1n) is 7.39. The lowest BCUT2D eigenvalue weighted by atomic mass is 9.89. The number of aryl methyl sites for hydroxylation is 1. The number of rotatable bonds is 3. The first-order chi connectivity index (χ1) is 10.2. The number of amides is 1. The molecule has 2 aromatic rings. The second kappa shape index (κ2) is 5.74. The molecule has 21 heavy (non-hydrogen) atoms. The van der Waals surface area contributed by atoms with Crippen LogP contribution in [0.1, 0.15) is 27.5 Å². The third kappa shape index (κ3) is 2.59. The number of aromatic amines is 1. The molecule has 1 amide bonds. The van der Waals surface area contributed by atoms with Crippen LogP contribution in [0.15, 0.2) is 42.6 Å². The normalized spacial score (nSPS) is 21.7. The standard InChI is InChI=1S/C17H21N3O/c1-12-15(7-8-19-12)17(21)20-10-14(9-18)16(11-20)13-5-3-2-4-6-13/h2-8,14,16,19H,9-11,18H2,1H3/t14-,16+/m1/s1. The van der Waals surface area contributed by atoms with Crippen LogP contribution in [-0.2, 0) is 0 Å². The van der Waals surface area contributed by atoms with Crippen LogP contribution in [0.5, 0.6) is 0 Å². The lowest BCUT2D eigenvalue weighted by Gasteiger charge is -2.16. The van der Waals surface area contributed by atoms with Gasteiger partial charge in [-0.1, -0.05) is 30.3 Å². The third-order valence-corrected chi connectivity index (χ3v) is 4.44. The molecule has 0 aliphatic carbocycles. The minimum atomic E-state index is 0.102. The summed E-state index contributed by atoms with van der Waals surface area (Å²) in [6.45, 7) is 4.02. The van der Waals surface area contributed by atoms with E-state index < -0.39 is 0 Å². The molecular weight excluding hydrogens is 262 g/mol. The van der Waals surface area contributed by atoms with Gasteiger partial charge in [-0.3, -0.25) is 4.79 Å². The number of carbonyl (C=O) groups excluding carboxylic acids is 1. The molecule has 1 fully saturated rings. The van der Waals surface area contributed by atoms with Crippen LogP contribution in [0.25, 0.3) is 0 Å². The summed E-state index contributed by atoms with van der Waals surface area (Å²) in [7, 11) is 0. The highest BCUT2D eigenvalue weighted by Gasteiger charge is 2.35. The third-order valence-electron chi connectivity index (χ3n) is 4.44. The van der Waals surface area contributed by atoms with Gasteiger partial charge in [0.2, 0.25) is 0 Å². The van der Waals surface area contributed by atoms with Gasteiger partial charge >= 0.3 is 0 Å². The maximum Gasteiger partial charge on any atom is 0.255 e. The second-order valence-corrected chi connectivity index (χ2v) is 5.74. The van der Waals surface area contributed by atoms with Gasteiger partial charge in [0, 0.05) is 30.9 Å². The van der Waals surface area contributed by atoms with E-state index in [9.17, 15) is 4.79 Å². The summed E-state index contributed by atoms with van der Waals surface area (Å²) in [5.41, 5.74) is 8.89. The zero-order valence-electron chi connectivity index (χ0n) is 12.3. The molecule has 0 bridgehead atoms. The highest BCUT2D eigenvalue weighted by Crippen LogP contribution is 2.32.